The molecule has 13 heteroatoms. The van der Waals surface area contributed by atoms with E-state index in [0.29, 0.717) is 5.56 Å². The normalized spacial score (nSPS) is 14.7. The molecule has 0 saturated heterocycles. The van der Waals surface area contributed by atoms with Crippen LogP contribution in [0.25, 0.3) is 10.9 Å². The van der Waals surface area contributed by atoms with Crippen LogP contribution in [0.15, 0.2) is 75.6 Å². The van der Waals surface area contributed by atoms with E-state index >= 15 is 0 Å². The first-order chi connectivity index (χ1) is 17.4. The van der Waals surface area contributed by atoms with E-state index < -0.39 is 42.7 Å². The lowest BCUT2D eigenvalue weighted by atomic mass is 10.1. The molecule has 1 aliphatic heterocycles. The van der Waals surface area contributed by atoms with Gasteiger partial charge >= 0.3 is 0 Å². The van der Waals surface area contributed by atoms with Crippen LogP contribution in [0.2, 0.25) is 0 Å². The minimum Gasteiger partial charge on any atom is -0.506 e. The Bertz CT molecular complexity index is 1890. The van der Waals surface area contributed by atoms with Crippen molar-refractivity contribution in [1.82, 2.24) is 9.55 Å². The van der Waals surface area contributed by atoms with Gasteiger partial charge in [-0.25, -0.2) is 21.2 Å². The van der Waals surface area contributed by atoms with Crippen molar-refractivity contribution in [3.63, 3.8) is 0 Å². The Morgan fingerprint density at radius 3 is 2.65 bits per heavy atom. The summed E-state index contributed by atoms with van der Waals surface area (Å²) in [5.74, 6) is -1.98. The highest BCUT2D eigenvalue weighted by molar-refractivity contribution is 7.92. The van der Waals surface area contributed by atoms with Crippen LogP contribution >= 0.6 is 0 Å². The first-order valence-electron chi connectivity index (χ1n) is 10.8. The zero-order chi connectivity index (χ0) is 26.5. The highest BCUT2D eigenvalue weighted by Gasteiger charge is 2.31. The molecule has 0 amide bonds. The van der Waals surface area contributed by atoms with Crippen LogP contribution in [0, 0.1) is 5.82 Å². The first kappa shape index (κ1) is 24.6. The van der Waals surface area contributed by atoms with Gasteiger partial charge in [-0.2, -0.15) is 0 Å². The zero-order valence-corrected chi connectivity index (χ0v) is 20.8. The summed E-state index contributed by atoms with van der Waals surface area (Å²) in [6.07, 6.45) is 4.05. The van der Waals surface area contributed by atoms with E-state index in [1.807, 2.05) is 0 Å². The van der Waals surface area contributed by atoms with Gasteiger partial charge in [0.1, 0.15) is 17.1 Å². The number of nitrogens with zero attached hydrogens (tertiary/aromatic N) is 3. The van der Waals surface area contributed by atoms with Gasteiger partial charge in [-0.3, -0.25) is 19.5 Å². The monoisotopic (exact) mass is 542 g/mol. The molecule has 1 aliphatic rings. The van der Waals surface area contributed by atoms with Crippen molar-refractivity contribution in [3.05, 3.63) is 88.2 Å². The van der Waals surface area contributed by atoms with Crippen LogP contribution in [0.5, 0.6) is 5.75 Å². The lowest BCUT2D eigenvalue weighted by Crippen LogP contribution is -2.32. The largest absolute Gasteiger partial charge is 0.506 e. The summed E-state index contributed by atoms with van der Waals surface area (Å²) in [6, 6.07) is 10.8. The van der Waals surface area contributed by atoms with Crippen molar-refractivity contribution >= 4 is 47.8 Å². The number of hydrogen-bond donors (Lipinski definition) is 2. The Hall–Kier alpha value is -4.10. The fourth-order valence-corrected chi connectivity index (χ4v) is 6.22. The van der Waals surface area contributed by atoms with Gasteiger partial charge in [0.05, 0.1) is 40.4 Å². The minimum atomic E-state index is -4.09. The van der Waals surface area contributed by atoms with Crippen molar-refractivity contribution < 1.29 is 26.3 Å². The highest BCUT2D eigenvalue weighted by Crippen LogP contribution is 2.36. The summed E-state index contributed by atoms with van der Waals surface area (Å²) in [4.78, 5) is 21.8. The number of anilines is 1. The predicted octanol–water partition coefficient (Wildman–Crippen LogP) is 2.57. The molecule has 0 spiro atoms. The summed E-state index contributed by atoms with van der Waals surface area (Å²) in [5, 5.41) is 11.1. The van der Waals surface area contributed by atoms with Crippen LogP contribution in [-0.4, -0.2) is 49.2 Å². The minimum absolute atomic E-state index is 0.0112. The standard InChI is InChI=1S/C24H19FN4O6S2/c1-36(32,33)28-16-5-6-18-21(10-16)37(34,35)13-19(27-18)22-23(30)17-9-15(25)4-7-20(17)29(24(22)31)12-14-3-2-8-26-11-14/h2-11,28,30H,12-13H2,1H3. The number of sulfonamides is 1. The van der Waals surface area contributed by atoms with Crippen molar-refractivity contribution in [1.29, 1.82) is 0 Å². The molecule has 0 unspecified atom stereocenters. The molecule has 2 N–H and O–H groups in total. The Kier molecular flexibility index (Phi) is 5.83. The summed E-state index contributed by atoms with van der Waals surface area (Å²) in [7, 11) is -7.75. The molecule has 0 aliphatic carbocycles. The van der Waals surface area contributed by atoms with E-state index in [-0.39, 0.29) is 45.0 Å². The van der Waals surface area contributed by atoms with E-state index in [2.05, 4.69) is 14.7 Å². The summed E-state index contributed by atoms with van der Waals surface area (Å²) in [5.41, 5.74) is -0.398. The number of benzene rings is 2. The number of nitrogens with one attached hydrogen (secondary N) is 1. The fourth-order valence-electron chi connectivity index (χ4n) is 4.20. The summed E-state index contributed by atoms with van der Waals surface area (Å²) >= 11 is 0. The van der Waals surface area contributed by atoms with Gasteiger partial charge in [-0.15, -0.1) is 0 Å². The number of hydrogen-bond acceptors (Lipinski definition) is 8. The van der Waals surface area contributed by atoms with E-state index in [0.717, 1.165) is 24.5 Å². The molecule has 0 radical (unpaired) electrons. The molecule has 10 nitrogen and oxygen atoms in total. The van der Waals surface area contributed by atoms with E-state index in [4.69, 9.17) is 0 Å². The summed E-state index contributed by atoms with van der Waals surface area (Å²) < 4.78 is 67.1. The second kappa shape index (κ2) is 8.78. The second-order valence-corrected chi connectivity index (χ2v) is 12.2. The number of sulfone groups is 1. The topological polar surface area (TPSA) is 148 Å². The number of fused-ring (bicyclic) bond motifs is 2. The van der Waals surface area contributed by atoms with Crippen LogP contribution in [0.3, 0.4) is 0 Å². The molecule has 0 fully saturated rings. The van der Waals surface area contributed by atoms with Gasteiger partial charge in [0.2, 0.25) is 10.0 Å². The van der Waals surface area contributed by atoms with Gasteiger partial charge in [-0.05, 0) is 48.0 Å². The molecule has 0 atom stereocenters. The Labute approximate surface area is 210 Å². The van der Waals surface area contributed by atoms with Gasteiger partial charge in [-0.1, -0.05) is 6.07 Å². The van der Waals surface area contributed by atoms with Gasteiger partial charge in [0, 0.05) is 23.5 Å². The van der Waals surface area contributed by atoms with Gasteiger partial charge in [0.15, 0.2) is 9.84 Å². The lowest BCUT2D eigenvalue weighted by Gasteiger charge is -2.20. The number of aromatic nitrogens is 2. The maximum absolute atomic E-state index is 14.1. The average Bonchev–Trinajstić information content (AvgIpc) is 2.82. The second-order valence-electron chi connectivity index (χ2n) is 8.51. The van der Waals surface area contributed by atoms with E-state index in [1.54, 1.807) is 24.5 Å². The number of rotatable bonds is 5. The van der Waals surface area contributed by atoms with Crippen molar-refractivity contribution in [2.24, 2.45) is 4.99 Å². The van der Waals surface area contributed by atoms with Crippen LogP contribution in [0.4, 0.5) is 15.8 Å². The zero-order valence-electron chi connectivity index (χ0n) is 19.2. The molecule has 0 bridgehead atoms. The Balaban J connectivity index is 1.73. The van der Waals surface area contributed by atoms with Gasteiger partial charge in [0.25, 0.3) is 5.56 Å². The lowest BCUT2D eigenvalue weighted by molar-refractivity contribution is 0.477. The maximum atomic E-state index is 14.1. The maximum Gasteiger partial charge on any atom is 0.264 e. The average molecular weight is 543 g/mol. The van der Waals surface area contributed by atoms with Crippen molar-refractivity contribution in [2.45, 2.75) is 11.4 Å². The molecule has 3 heterocycles. The molecule has 2 aromatic carbocycles. The molecule has 5 rings (SSSR count). The quantitative estimate of drug-likeness (QED) is 0.394. The number of halogens is 1. The Morgan fingerprint density at radius 1 is 1.16 bits per heavy atom. The summed E-state index contributed by atoms with van der Waals surface area (Å²) in [6.45, 7) is 0.0270. The fraction of sp³-hybridized carbons (Fsp3) is 0.125. The van der Waals surface area contributed by atoms with Crippen LogP contribution in [-0.2, 0) is 26.4 Å². The molecule has 2 aromatic heterocycles. The molecule has 190 valence electrons. The van der Waals surface area contributed by atoms with Crippen LogP contribution in [0.1, 0.15) is 11.1 Å². The third-order valence-electron chi connectivity index (χ3n) is 5.73. The first-order valence-corrected chi connectivity index (χ1v) is 14.3. The van der Waals surface area contributed by atoms with Gasteiger partial charge < -0.3 is 9.67 Å². The van der Waals surface area contributed by atoms with Crippen LogP contribution < -0.4 is 10.3 Å². The molecule has 0 saturated carbocycles. The smallest absolute Gasteiger partial charge is 0.264 e. The number of aliphatic imine (C=N–C) groups is 1. The number of pyridine rings is 2. The van der Waals surface area contributed by atoms with Crippen molar-refractivity contribution in [3.8, 4) is 5.75 Å². The molecule has 4 aromatic rings. The molecule has 37 heavy (non-hydrogen) atoms. The molecular formula is C24H19FN4O6S2. The SMILES string of the molecule is CS(=O)(=O)Nc1ccc2c(c1)S(=O)(=O)CC(c1c(O)c3cc(F)ccc3n(Cc3cccnc3)c1=O)=N2. The van der Waals surface area contributed by atoms with Crippen molar-refractivity contribution in [2.75, 3.05) is 16.7 Å². The van der Waals surface area contributed by atoms with E-state index in [1.165, 1.54) is 22.8 Å². The van der Waals surface area contributed by atoms with E-state index in [9.17, 15) is 31.1 Å². The highest BCUT2D eigenvalue weighted by atomic mass is 32.2. The third-order valence-corrected chi connectivity index (χ3v) is 7.99. The number of aromatic hydroxyl groups is 1. The predicted molar refractivity (Wildman–Crippen MR) is 136 cm³/mol. The Morgan fingerprint density at radius 2 is 1.95 bits per heavy atom. The molecular weight excluding hydrogens is 523 g/mol. The third kappa shape index (κ3) is 4.70.